The fraction of sp³-hybridized carbons (Fsp3) is 0.0952. The number of carbonyl (C=O) groups excluding carboxylic acids is 2. The molecule has 1 amide bonds. The van der Waals surface area contributed by atoms with E-state index in [4.69, 9.17) is 4.74 Å². The number of nitrogens with zero attached hydrogens (tertiary/aromatic N) is 1. The van der Waals surface area contributed by atoms with Crippen LogP contribution in [0.1, 0.15) is 12.5 Å². The number of hydrogen-bond acceptors (Lipinski definition) is 5. The van der Waals surface area contributed by atoms with Crippen molar-refractivity contribution >= 4 is 34.4 Å². The Labute approximate surface area is 173 Å². The first kappa shape index (κ1) is 21.3. The zero-order valence-electron chi connectivity index (χ0n) is 15.6. The van der Waals surface area contributed by atoms with E-state index in [1.165, 1.54) is 43.3 Å². The Bertz CT molecular complexity index is 1100. The van der Waals surface area contributed by atoms with Crippen molar-refractivity contribution in [3.8, 4) is 11.3 Å². The van der Waals surface area contributed by atoms with Crippen molar-refractivity contribution < 1.29 is 27.5 Å². The molecule has 0 radical (unpaired) electrons. The summed E-state index contributed by atoms with van der Waals surface area (Å²) in [7, 11) is 0. The molecule has 30 heavy (non-hydrogen) atoms. The number of amides is 1. The molecule has 3 aromatic rings. The third kappa shape index (κ3) is 5.54. The van der Waals surface area contributed by atoms with Crippen LogP contribution in [0.5, 0.6) is 0 Å². The van der Waals surface area contributed by atoms with Gasteiger partial charge < -0.3 is 4.74 Å². The maximum atomic E-state index is 13.4. The average Bonchev–Trinajstić information content (AvgIpc) is 3.18. The van der Waals surface area contributed by atoms with E-state index in [2.05, 4.69) is 10.3 Å². The summed E-state index contributed by atoms with van der Waals surface area (Å²) >= 11 is 1.08. The normalized spacial score (nSPS) is 12.0. The van der Waals surface area contributed by atoms with Gasteiger partial charge in [-0.05, 0) is 48.9 Å². The summed E-state index contributed by atoms with van der Waals surface area (Å²) < 4.78 is 44.3. The third-order valence-electron chi connectivity index (χ3n) is 3.89. The van der Waals surface area contributed by atoms with Crippen molar-refractivity contribution in [2.24, 2.45) is 0 Å². The fourth-order valence-corrected chi connectivity index (χ4v) is 3.05. The van der Waals surface area contributed by atoms with Crippen LogP contribution in [0.15, 0.2) is 53.9 Å². The van der Waals surface area contributed by atoms with Gasteiger partial charge in [0, 0.05) is 17.0 Å². The number of benzene rings is 2. The van der Waals surface area contributed by atoms with Crippen LogP contribution < -0.4 is 5.32 Å². The summed E-state index contributed by atoms with van der Waals surface area (Å²) in [6.07, 6.45) is 1.45. The number of anilines is 1. The summed E-state index contributed by atoms with van der Waals surface area (Å²) in [6.45, 7) is 1.39. The molecule has 154 valence electrons. The van der Waals surface area contributed by atoms with Gasteiger partial charge in [-0.25, -0.2) is 22.9 Å². The lowest BCUT2D eigenvalue weighted by atomic mass is 10.2. The van der Waals surface area contributed by atoms with Crippen molar-refractivity contribution in [3.63, 3.8) is 0 Å². The molecule has 1 atom stereocenters. The number of carbonyl (C=O) groups is 2. The summed E-state index contributed by atoms with van der Waals surface area (Å²) in [5.74, 6) is -3.71. The smallest absolute Gasteiger partial charge is 0.331 e. The van der Waals surface area contributed by atoms with Crippen molar-refractivity contribution in [3.05, 3.63) is 76.9 Å². The molecule has 1 heterocycles. The molecule has 0 aliphatic heterocycles. The molecule has 1 aromatic heterocycles. The standard InChI is InChI=1S/C21H15F3N2O3S/c1-12(29-19(27)9-4-13-2-6-15(22)7-3-13)20(28)26-21-25-18(11-30-21)14-5-8-16(23)17(24)10-14/h2-12H,1H3,(H,25,26,28)/b9-4+/t12-/m1/s1. The van der Waals surface area contributed by atoms with Crippen LogP contribution in [0.4, 0.5) is 18.3 Å². The monoisotopic (exact) mass is 432 g/mol. The number of rotatable bonds is 6. The highest BCUT2D eigenvalue weighted by Crippen LogP contribution is 2.26. The third-order valence-corrected chi connectivity index (χ3v) is 4.65. The van der Waals surface area contributed by atoms with Gasteiger partial charge in [0.25, 0.3) is 5.91 Å². The van der Waals surface area contributed by atoms with E-state index in [-0.39, 0.29) is 5.13 Å². The van der Waals surface area contributed by atoms with Gasteiger partial charge in [-0.3, -0.25) is 10.1 Å². The van der Waals surface area contributed by atoms with E-state index in [9.17, 15) is 22.8 Å². The minimum Gasteiger partial charge on any atom is -0.449 e. The zero-order valence-corrected chi connectivity index (χ0v) is 16.4. The molecule has 0 spiro atoms. The Morgan fingerprint density at radius 3 is 2.53 bits per heavy atom. The van der Waals surface area contributed by atoms with Crippen LogP contribution >= 0.6 is 11.3 Å². The van der Waals surface area contributed by atoms with Gasteiger partial charge in [0.15, 0.2) is 22.9 Å². The van der Waals surface area contributed by atoms with E-state index in [1.54, 1.807) is 5.38 Å². The van der Waals surface area contributed by atoms with Crippen LogP contribution in [0, 0.1) is 17.5 Å². The second-order valence-electron chi connectivity index (χ2n) is 6.12. The quantitative estimate of drug-likeness (QED) is 0.448. The first-order valence-corrected chi connectivity index (χ1v) is 9.56. The van der Waals surface area contributed by atoms with Crippen LogP contribution in [0.25, 0.3) is 17.3 Å². The van der Waals surface area contributed by atoms with Gasteiger partial charge >= 0.3 is 5.97 Å². The van der Waals surface area contributed by atoms with Crippen LogP contribution in [-0.4, -0.2) is 23.0 Å². The summed E-state index contributed by atoms with van der Waals surface area (Å²) in [6, 6.07) is 8.85. The SMILES string of the molecule is C[C@@H](OC(=O)/C=C/c1ccc(F)cc1)C(=O)Nc1nc(-c2ccc(F)c(F)c2)cs1. The second-order valence-corrected chi connectivity index (χ2v) is 6.98. The van der Waals surface area contributed by atoms with E-state index in [0.29, 0.717) is 16.8 Å². The van der Waals surface area contributed by atoms with Gasteiger partial charge in [-0.2, -0.15) is 0 Å². The Balaban J connectivity index is 1.56. The molecule has 5 nitrogen and oxygen atoms in total. The minimum absolute atomic E-state index is 0.212. The van der Waals surface area contributed by atoms with E-state index in [0.717, 1.165) is 29.5 Å². The molecule has 0 aliphatic rings. The number of hydrogen-bond donors (Lipinski definition) is 1. The van der Waals surface area contributed by atoms with Crippen molar-refractivity contribution in [2.45, 2.75) is 13.0 Å². The van der Waals surface area contributed by atoms with Crippen molar-refractivity contribution in [2.75, 3.05) is 5.32 Å². The zero-order chi connectivity index (χ0) is 21.7. The maximum Gasteiger partial charge on any atom is 0.331 e. The average molecular weight is 432 g/mol. The van der Waals surface area contributed by atoms with Gasteiger partial charge in [0.05, 0.1) is 5.69 Å². The van der Waals surface area contributed by atoms with Crippen molar-refractivity contribution in [1.29, 1.82) is 0 Å². The summed E-state index contributed by atoms with van der Waals surface area (Å²) in [4.78, 5) is 28.2. The van der Waals surface area contributed by atoms with E-state index >= 15 is 0 Å². The number of halogens is 3. The van der Waals surface area contributed by atoms with Gasteiger partial charge in [-0.1, -0.05) is 12.1 Å². The topological polar surface area (TPSA) is 68.3 Å². The number of aromatic nitrogens is 1. The minimum atomic E-state index is -1.11. The predicted molar refractivity (Wildman–Crippen MR) is 107 cm³/mol. The molecule has 0 saturated carbocycles. The Kier molecular flexibility index (Phi) is 6.63. The molecule has 9 heteroatoms. The Hall–Kier alpha value is -3.46. The first-order chi connectivity index (χ1) is 14.3. The number of thiazole rings is 1. The van der Waals surface area contributed by atoms with Gasteiger partial charge in [0.2, 0.25) is 0 Å². The Morgan fingerprint density at radius 1 is 1.10 bits per heavy atom. The van der Waals surface area contributed by atoms with Crippen LogP contribution in [-0.2, 0) is 14.3 Å². The highest BCUT2D eigenvalue weighted by Gasteiger charge is 2.18. The highest BCUT2D eigenvalue weighted by atomic mass is 32.1. The van der Waals surface area contributed by atoms with Gasteiger partial charge in [0.1, 0.15) is 5.82 Å². The molecule has 0 fully saturated rings. The first-order valence-electron chi connectivity index (χ1n) is 8.68. The van der Waals surface area contributed by atoms with Crippen LogP contribution in [0.3, 0.4) is 0 Å². The summed E-state index contributed by atoms with van der Waals surface area (Å²) in [5, 5.41) is 4.29. The lowest BCUT2D eigenvalue weighted by Gasteiger charge is -2.10. The van der Waals surface area contributed by atoms with E-state index in [1.807, 2.05) is 0 Å². The lowest BCUT2D eigenvalue weighted by molar-refractivity contribution is -0.148. The molecule has 0 aliphatic carbocycles. The predicted octanol–water partition coefficient (Wildman–Crippen LogP) is 4.81. The molecule has 3 rings (SSSR count). The largest absolute Gasteiger partial charge is 0.449 e. The van der Waals surface area contributed by atoms with Gasteiger partial charge in [-0.15, -0.1) is 11.3 Å². The van der Waals surface area contributed by atoms with Crippen LogP contribution in [0.2, 0.25) is 0 Å². The number of esters is 1. The number of nitrogens with one attached hydrogen (secondary N) is 1. The second kappa shape index (κ2) is 9.36. The molecule has 0 saturated heterocycles. The fourth-order valence-electron chi connectivity index (χ4n) is 2.33. The van der Waals surface area contributed by atoms with Crippen molar-refractivity contribution in [1.82, 2.24) is 4.98 Å². The molecule has 0 bridgehead atoms. The molecule has 2 aromatic carbocycles. The molecule has 1 N–H and O–H groups in total. The molecular formula is C21H15F3N2O3S. The highest BCUT2D eigenvalue weighted by molar-refractivity contribution is 7.14. The Morgan fingerprint density at radius 2 is 1.83 bits per heavy atom. The molecule has 0 unspecified atom stereocenters. The molecular weight excluding hydrogens is 417 g/mol. The van der Waals surface area contributed by atoms with E-state index < -0.39 is 35.4 Å². The number of ether oxygens (including phenoxy) is 1. The maximum absolute atomic E-state index is 13.4. The summed E-state index contributed by atoms with van der Waals surface area (Å²) in [5.41, 5.74) is 1.31. The lowest BCUT2D eigenvalue weighted by Crippen LogP contribution is -2.29.